The third-order valence-corrected chi connectivity index (χ3v) is 2.09. The molecule has 0 saturated heterocycles. The first-order chi connectivity index (χ1) is 6.57. The Kier molecular flexibility index (Phi) is 3.77. The van der Waals surface area contributed by atoms with Gasteiger partial charge in [-0.2, -0.15) is 0 Å². The molecule has 14 heavy (non-hydrogen) atoms. The molecule has 2 nitrogen and oxygen atoms in total. The number of halogens is 4. The van der Waals surface area contributed by atoms with Crippen LogP contribution < -0.4 is 0 Å². The summed E-state index contributed by atoms with van der Waals surface area (Å²) in [5.41, 5.74) is -0.525. The lowest BCUT2D eigenvalue weighted by molar-refractivity contribution is 0.107. The molecule has 0 aromatic carbocycles. The molecular weight excluding hydrogens is 235 g/mol. The Labute approximate surface area is 88.8 Å². The maximum absolute atomic E-state index is 12.4. The molecule has 76 valence electrons. The second-order valence-corrected chi connectivity index (χ2v) is 3.05. The van der Waals surface area contributed by atoms with E-state index in [-0.39, 0.29) is 22.7 Å². The lowest BCUT2D eigenvalue weighted by atomic mass is 10.1. The predicted molar refractivity (Wildman–Crippen MR) is 48.9 cm³/mol. The van der Waals surface area contributed by atoms with Gasteiger partial charge in [0.15, 0.2) is 0 Å². The highest BCUT2D eigenvalue weighted by Crippen LogP contribution is 2.26. The minimum Gasteiger partial charge on any atom is -0.274 e. The summed E-state index contributed by atoms with van der Waals surface area (Å²) in [6, 6.07) is 1.12. The lowest BCUT2D eigenvalue weighted by Crippen LogP contribution is -2.04. The van der Waals surface area contributed by atoms with E-state index < -0.39 is 11.7 Å². The fraction of sp³-hybridized carbons (Fsp3) is 0.250. The Bertz CT molecular complexity index is 357. The molecule has 0 atom stereocenters. The van der Waals surface area contributed by atoms with Gasteiger partial charge in [-0.3, -0.25) is 9.78 Å². The third kappa shape index (κ3) is 2.19. The van der Waals surface area contributed by atoms with Gasteiger partial charge >= 0.3 is 0 Å². The van der Waals surface area contributed by atoms with Gasteiger partial charge in [0.1, 0.15) is 5.69 Å². The molecule has 0 aliphatic carbocycles. The molecule has 1 aromatic heterocycles. The van der Waals surface area contributed by atoms with Crippen LogP contribution >= 0.6 is 23.2 Å². The first kappa shape index (κ1) is 11.3. The van der Waals surface area contributed by atoms with Crippen molar-refractivity contribution in [3.05, 3.63) is 29.1 Å². The van der Waals surface area contributed by atoms with E-state index in [9.17, 15) is 13.6 Å². The lowest BCUT2D eigenvalue weighted by Gasteiger charge is -2.07. The molecule has 6 heteroatoms. The zero-order valence-electron chi connectivity index (χ0n) is 6.81. The first-order valence-corrected chi connectivity index (χ1v) is 4.51. The van der Waals surface area contributed by atoms with Crippen LogP contribution in [0.2, 0.25) is 0 Å². The molecule has 1 aromatic rings. The quantitative estimate of drug-likeness (QED) is 0.600. The van der Waals surface area contributed by atoms with Gasteiger partial charge in [0.25, 0.3) is 11.7 Å². The van der Waals surface area contributed by atoms with E-state index >= 15 is 0 Å². The molecule has 0 saturated carbocycles. The summed E-state index contributed by atoms with van der Waals surface area (Å²) in [5, 5.41) is -0.886. The summed E-state index contributed by atoms with van der Waals surface area (Å²) in [6.07, 6.45) is -1.59. The van der Waals surface area contributed by atoms with E-state index in [0.717, 1.165) is 12.3 Å². The van der Waals surface area contributed by atoms with Gasteiger partial charge in [-0.05, 0) is 17.7 Å². The number of carbonyl (C=O) groups excluding carboxylic acids is 1. The average Bonchev–Trinajstić information content (AvgIpc) is 2.16. The normalized spacial score (nSPS) is 10.6. The first-order valence-electron chi connectivity index (χ1n) is 3.59. The van der Waals surface area contributed by atoms with Crippen LogP contribution in [0.4, 0.5) is 8.78 Å². The second kappa shape index (κ2) is 4.66. The fourth-order valence-corrected chi connectivity index (χ4v) is 1.47. The molecule has 1 rings (SSSR count). The number of alkyl halides is 3. The Hall–Kier alpha value is -0.740. The molecule has 0 spiro atoms. The van der Waals surface area contributed by atoms with E-state index in [1.165, 1.54) is 0 Å². The zero-order valence-corrected chi connectivity index (χ0v) is 8.32. The smallest absolute Gasteiger partial charge is 0.271 e. The van der Waals surface area contributed by atoms with Crippen LogP contribution in [0.1, 0.15) is 28.0 Å². The van der Waals surface area contributed by atoms with Crippen molar-refractivity contribution in [1.29, 1.82) is 0 Å². The number of hydrogen-bond donors (Lipinski definition) is 0. The number of carbonyl (C=O) groups is 1. The molecule has 0 radical (unpaired) electrons. The van der Waals surface area contributed by atoms with Gasteiger partial charge in [0.2, 0.25) is 0 Å². The van der Waals surface area contributed by atoms with Crippen molar-refractivity contribution in [2.24, 2.45) is 0 Å². The van der Waals surface area contributed by atoms with Crippen molar-refractivity contribution in [3.63, 3.8) is 0 Å². The van der Waals surface area contributed by atoms with Crippen molar-refractivity contribution in [1.82, 2.24) is 4.98 Å². The Balaban J connectivity index is 3.32. The molecule has 0 bridgehead atoms. The SMILES string of the molecule is O=C(Cl)c1nccc(C(F)F)c1CCl. The van der Waals surface area contributed by atoms with Crippen LogP contribution in [0.5, 0.6) is 0 Å². The number of rotatable bonds is 3. The van der Waals surface area contributed by atoms with Gasteiger partial charge < -0.3 is 0 Å². The largest absolute Gasteiger partial charge is 0.274 e. The molecule has 0 aliphatic rings. The Morgan fingerprint density at radius 3 is 2.64 bits per heavy atom. The fourth-order valence-electron chi connectivity index (χ4n) is 1.02. The number of nitrogens with zero attached hydrogens (tertiary/aromatic N) is 1. The molecule has 0 amide bonds. The molecule has 0 fully saturated rings. The van der Waals surface area contributed by atoms with Crippen molar-refractivity contribution in [3.8, 4) is 0 Å². The maximum Gasteiger partial charge on any atom is 0.271 e. The van der Waals surface area contributed by atoms with Crippen LogP contribution in [-0.2, 0) is 5.88 Å². The zero-order chi connectivity index (χ0) is 10.7. The Morgan fingerprint density at radius 2 is 2.21 bits per heavy atom. The molecule has 1 heterocycles. The minimum absolute atomic E-state index is 0.0100. The van der Waals surface area contributed by atoms with E-state index in [1.807, 2.05) is 0 Å². The molecule has 0 N–H and O–H groups in total. The summed E-state index contributed by atoms with van der Waals surface area (Å²) in [4.78, 5) is 14.4. The van der Waals surface area contributed by atoms with E-state index in [4.69, 9.17) is 23.2 Å². The summed E-state index contributed by atoms with van der Waals surface area (Å²) in [5.74, 6) is -0.221. The van der Waals surface area contributed by atoms with Crippen molar-refractivity contribution >= 4 is 28.4 Å². The monoisotopic (exact) mass is 239 g/mol. The van der Waals surface area contributed by atoms with Crippen LogP contribution in [0.25, 0.3) is 0 Å². The van der Waals surface area contributed by atoms with Gasteiger partial charge in [-0.25, -0.2) is 8.78 Å². The van der Waals surface area contributed by atoms with Crippen LogP contribution in [-0.4, -0.2) is 10.2 Å². The number of hydrogen-bond acceptors (Lipinski definition) is 2. The second-order valence-electron chi connectivity index (χ2n) is 2.44. The van der Waals surface area contributed by atoms with Gasteiger partial charge in [0, 0.05) is 17.3 Å². The highest BCUT2D eigenvalue weighted by molar-refractivity contribution is 6.67. The average molecular weight is 240 g/mol. The van der Waals surface area contributed by atoms with Crippen molar-refractivity contribution < 1.29 is 13.6 Å². The number of pyridine rings is 1. The van der Waals surface area contributed by atoms with Crippen LogP contribution in [0.3, 0.4) is 0 Å². The van der Waals surface area contributed by atoms with E-state index in [2.05, 4.69) is 4.98 Å². The summed E-state index contributed by atoms with van der Waals surface area (Å²) in [6.45, 7) is 0. The maximum atomic E-state index is 12.4. The minimum atomic E-state index is -2.69. The third-order valence-electron chi connectivity index (χ3n) is 1.65. The Morgan fingerprint density at radius 1 is 1.57 bits per heavy atom. The van der Waals surface area contributed by atoms with Gasteiger partial charge in [-0.15, -0.1) is 11.6 Å². The van der Waals surface area contributed by atoms with Crippen molar-refractivity contribution in [2.75, 3.05) is 0 Å². The number of aromatic nitrogens is 1. The van der Waals surface area contributed by atoms with Crippen LogP contribution in [0.15, 0.2) is 12.3 Å². The highest BCUT2D eigenvalue weighted by Gasteiger charge is 2.19. The molecular formula is C8H5Cl2F2NO. The summed E-state index contributed by atoms with van der Waals surface area (Å²) >= 11 is 10.6. The highest BCUT2D eigenvalue weighted by atomic mass is 35.5. The van der Waals surface area contributed by atoms with Gasteiger partial charge in [-0.1, -0.05) is 0 Å². The van der Waals surface area contributed by atoms with E-state index in [0.29, 0.717) is 0 Å². The summed E-state index contributed by atoms with van der Waals surface area (Å²) < 4.78 is 24.8. The topological polar surface area (TPSA) is 30.0 Å². The standard InChI is InChI=1S/C8H5Cl2F2NO/c9-3-5-4(8(11)12)1-2-13-6(5)7(10)14/h1-2,8H,3H2. The summed E-state index contributed by atoms with van der Waals surface area (Å²) in [7, 11) is 0. The molecule has 0 aliphatic heterocycles. The van der Waals surface area contributed by atoms with Crippen molar-refractivity contribution in [2.45, 2.75) is 12.3 Å². The van der Waals surface area contributed by atoms with E-state index in [1.54, 1.807) is 0 Å². The van der Waals surface area contributed by atoms with Crippen LogP contribution in [0, 0.1) is 0 Å². The van der Waals surface area contributed by atoms with Gasteiger partial charge in [0.05, 0.1) is 5.88 Å². The molecule has 0 unspecified atom stereocenters. The predicted octanol–water partition coefficient (Wildman–Crippen LogP) is 3.14.